The van der Waals surface area contributed by atoms with Crippen LogP contribution in [0, 0.1) is 20.8 Å². The number of halogens is 3. The summed E-state index contributed by atoms with van der Waals surface area (Å²) in [6.07, 6.45) is -4.38. The average molecular weight is 340 g/mol. The van der Waals surface area contributed by atoms with E-state index in [1.54, 1.807) is 33.0 Å². The Labute approximate surface area is 138 Å². The second-order valence-corrected chi connectivity index (χ2v) is 5.69. The van der Waals surface area contributed by atoms with Crippen molar-refractivity contribution in [3.05, 3.63) is 40.8 Å². The molecule has 0 N–H and O–H groups in total. The van der Waals surface area contributed by atoms with Gasteiger partial charge < -0.3 is 0 Å². The minimum absolute atomic E-state index is 0.0261. The summed E-state index contributed by atoms with van der Waals surface area (Å²) < 4.78 is 38.6. The summed E-state index contributed by atoms with van der Waals surface area (Å²) in [5.74, 6) is 0.240. The van der Waals surface area contributed by atoms with Crippen molar-refractivity contribution < 1.29 is 18.0 Å². The van der Waals surface area contributed by atoms with Crippen LogP contribution in [-0.4, -0.2) is 33.9 Å². The zero-order chi connectivity index (χ0) is 18.1. The van der Waals surface area contributed by atoms with Crippen molar-refractivity contribution in [2.24, 2.45) is 0 Å². The van der Waals surface area contributed by atoms with Gasteiger partial charge in [0.2, 0.25) is 5.91 Å². The number of aryl methyl sites for hydroxylation is 2. The second-order valence-electron chi connectivity index (χ2n) is 5.69. The fraction of sp³-hybridized carbons (Fsp3) is 0.438. The zero-order valence-corrected chi connectivity index (χ0v) is 14.0. The maximum atomic E-state index is 12.6. The van der Waals surface area contributed by atoms with Gasteiger partial charge in [-0.2, -0.15) is 18.3 Å². The Balaban J connectivity index is 2.20. The summed E-state index contributed by atoms with van der Waals surface area (Å²) in [5.41, 5.74) is 2.07. The lowest BCUT2D eigenvalue weighted by Crippen LogP contribution is -2.29. The van der Waals surface area contributed by atoms with Crippen molar-refractivity contribution >= 4 is 11.7 Å². The molecule has 0 spiro atoms. The first kappa shape index (κ1) is 18.0. The van der Waals surface area contributed by atoms with Crippen LogP contribution in [0.4, 0.5) is 19.0 Å². The molecule has 0 bridgehead atoms. The number of rotatable bonds is 4. The molecule has 2 heterocycles. The van der Waals surface area contributed by atoms with Crippen molar-refractivity contribution in [3.63, 3.8) is 0 Å². The van der Waals surface area contributed by atoms with Gasteiger partial charge in [-0.05, 0) is 32.9 Å². The molecule has 0 atom stereocenters. The maximum Gasteiger partial charge on any atom is 0.408 e. The SMILES string of the molecule is Cc1cccc(N(C)C(=O)Cc2c(C)nn(CC(F)(F)F)c2C)n1. The molecule has 2 aromatic heterocycles. The number of amides is 1. The van der Waals surface area contributed by atoms with Gasteiger partial charge in [-0.3, -0.25) is 14.4 Å². The number of carbonyl (C=O) groups excluding carboxylic acids is 1. The van der Waals surface area contributed by atoms with E-state index in [2.05, 4.69) is 10.1 Å². The molecular weight excluding hydrogens is 321 g/mol. The number of pyridine rings is 1. The molecule has 130 valence electrons. The number of hydrogen-bond donors (Lipinski definition) is 0. The molecule has 0 unspecified atom stereocenters. The molecule has 2 aromatic rings. The van der Waals surface area contributed by atoms with Crippen LogP contribution in [0.2, 0.25) is 0 Å². The van der Waals surface area contributed by atoms with Crippen molar-refractivity contribution in [3.8, 4) is 0 Å². The highest BCUT2D eigenvalue weighted by molar-refractivity contribution is 5.93. The number of nitrogens with zero attached hydrogens (tertiary/aromatic N) is 4. The summed E-state index contributed by atoms with van der Waals surface area (Å²) >= 11 is 0. The molecule has 5 nitrogen and oxygen atoms in total. The van der Waals surface area contributed by atoms with E-state index < -0.39 is 12.7 Å². The molecular formula is C16H19F3N4O. The molecule has 0 fully saturated rings. The van der Waals surface area contributed by atoms with Crippen LogP contribution in [0.25, 0.3) is 0 Å². The minimum Gasteiger partial charge on any atom is -0.300 e. The molecule has 1 amide bonds. The van der Waals surface area contributed by atoms with Crippen LogP contribution < -0.4 is 4.90 Å². The predicted octanol–water partition coefficient (Wildman–Crippen LogP) is 2.97. The van der Waals surface area contributed by atoms with Crippen molar-refractivity contribution in [1.29, 1.82) is 0 Å². The third-order valence-corrected chi connectivity index (χ3v) is 3.78. The smallest absolute Gasteiger partial charge is 0.300 e. The van der Waals surface area contributed by atoms with Gasteiger partial charge in [0.25, 0.3) is 0 Å². The zero-order valence-electron chi connectivity index (χ0n) is 14.0. The molecule has 0 saturated heterocycles. The first-order valence-corrected chi connectivity index (χ1v) is 7.38. The summed E-state index contributed by atoms with van der Waals surface area (Å²) in [6, 6.07) is 5.31. The van der Waals surface area contributed by atoms with Gasteiger partial charge in [-0.15, -0.1) is 0 Å². The van der Waals surface area contributed by atoms with E-state index in [1.165, 1.54) is 4.90 Å². The quantitative estimate of drug-likeness (QED) is 0.860. The third-order valence-electron chi connectivity index (χ3n) is 3.78. The van der Waals surface area contributed by atoms with E-state index in [0.29, 0.717) is 22.8 Å². The number of carbonyl (C=O) groups is 1. The molecule has 0 aliphatic carbocycles. The Kier molecular flexibility index (Phi) is 4.96. The van der Waals surface area contributed by atoms with E-state index in [9.17, 15) is 18.0 Å². The standard InChI is InChI=1S/C16H19F3N4O/c1-10-6-5-7-14(20-10)22(4)15(24)8-13-11(2)21-23(12(13)3)9-16(17,18)19/h5-7H,8-9H2,1-4H3. The monoisotopic (exact) mass is 340 g/mol. The molecule has 0 saturated carbocycles. The number of alkyl halides is 3. The summed E-state index contributed by atoms with van der Waals surface area (Å²) in [5, 5.41) is 3.91. The van der Waals surface area contributed by atoms with Gasteiger partial charge in [0.1, 0.15) is 12.4 Å². The van der Waals surface area contributed by atoms with E-state index in [-0.39, 0.29) is 12.3 Å². The van der Waals surface area contributed by atoms with Gasteiger partial charge >= 0.3 is 6.18 Å². The number of likely N-dealkylation sites (N-methyl/N-ethyl adjacent to an activating group) is 1. The van der Waals surface area contributed by atoms with Gasteiger partial charge in [0.05, 0.1) is 12.1 Å². The van der Waals surface area contributed by atoms with Gasteiger partial charge in [-0.25, -0.2) is 4.98 Å². The Hall–Kier alpha value is -2.38. The minimum atomic E-state index is -4.35. The van der Waals surface area contributed by atoms with E-state index in [1.807, 2.05) is 13.0 Å². The second kappa shape index (κ2) is 6.62. The van der Waals surface area contributed by atoms with Crippen molar-refractivity contribution in [1.82, 2.24) is 14.8 Å². The Morgan fingerprint density at radius 2 is 1.92 bits per heavy atom. The van der Waals surface area contributed by atoms with Gasteiger partial charge in [-0.1, -0.05) is 6.07 Å². The van der Waals surface area contributed by atoms with Crippen molar-refractivity contribution in [2.45, 2.75) is 39.9 Å². The summed E-state index contributed by atoms with van der Waals surface area (Å²) in [4.78, 5) is 18.1. The van der Waals surface area contributed by atoms with E-state index in [4.69, 9.17) is 0 Å². The number of anilines is 1. The van der Waals surface area contributed by atoms with E-state index in [0.717, 1.165) is 10.4 Å². The highest BCUT2D eigenvalue weighted by Gasteiger charge is 2.30. The third kappa shape index (κ3) is 4.12. The van der Waals surface area contributed by atoms with Crippen LogP contribution in [0.15, 0.2) is 18.2 Å². The lowest BCUT2D eigenvalue weighted by Gasteiger charge is -2.17. The molecule has 0 aliphatic heterocycles. The first-order chi connectivity index (χ1) is 11.1. The van der Waals surface area contributed by atoms with Crippen LogP contribution in [0.5, 0.6) is 0 Å². The van der Waals surface area contributed by atoms with Crippen LogP contribution >= 0.6 is 0 Å². The average Bonchev–Trinajstić information content (AvgIpc) is 2.72. The first-order valence-electron chi connectivity index (χ1n) is 7.38. The van der Waals surface area contributed by atoms with Crippen molar-refractivity contribution in [2.75, 3.05) is 11.9 Å². The lowest BCUT2D eigenvalue weighted by atomic mass is 10.1. The van der Waals surface area contributed by atoms with E-state index >= 15 is 0 Å². The largest absolute Gasteiger partial charge is 0.408 e. The fourth-order valence-electron chi connectivity index (χ4n) is 2.43. The van der Waals surface area contributed by atoms with Crippen LogP contribution in [0.3, 0.4) is 0 Å². The number of hydrogen-bond acceptors (Lipinski definition) is 3. The fourth-order valence-corrected chi connectivity index (χ4v) is 2.43. The predicted molar refractivity (Wildman–Crippen MR) is 83.8 cm³/mol. The van der Waals surface area contributed by atoms with Gasteiger partial charge in [0.15, 0.2) is 0 Å². The molecule has 0 radical (unpaired) electrons. The number of aromatic nitrogens is 3. The molecule has 24 heavy (non-hydrogen) atoms. The Morgan fingerprint density at radius 3 is 2.50 bits per heavy atom. The summed E-state index contributed by atoms with van der Waals surface area (Å²) in [6.45, 7) is 3.80. The lowest BCUT2D eigenvalue weighted by molar-refractivity contribution is -0.142. The normalized spacial score (nSPS) is 11.6. The highest BCUT2D eigenvalue weighted by atomic mass is 19.4. The Bertz CT molecular complexity index is 752. The Morgan fingerprint density at radius 1 is 1.25 bits per heavy atom. The van der Waals surface area contributed by atoms with Crippen LogP contribution in [0.1, 0.15) is 22.6 Å². The van der Waals surface area contributed by atoms with Crippen LogP contribution in [-0.2, 0) is 17.8 Å². The highest BCUT2D eigenvalue weighted by Crippen LogP contribution is 2.22. The molecule has 0 aliphatic rings. The molecule has 8 heteroatoms. The molecule has 0 aromatic carbocycles. The van der Waals surface area contributed by atoms with Gasteiger partial charge in [0, 0.05) is 24.0 Å². The summed E-state index contributed by atoms with van der Waals surface area (Å²) in [7, 11) is 1.59. The maximum absolute atomic E-state index is 12.6. The topological polar surface area (TPSA) is 51.0 Å². The molecule has 2 rings (SSSR count).